The summed E-state index contributed by atoms with van der Waals surface area (Å²) >= 11 is 5.03. The van der Waals surface area contributed by atoms with Gasteiger partial charge in [0.1, 0.15) is 10.8 Å². The van der Waals surface area contributed by atoms with E-state index in [9.17, 15) is 4.39 Å². The first-order chi connectivity index (χ1) is 10.1. The summed E-state index contributed by atoms with van der Waals surface area (Å²) in [6, 6.07) is 4.50. The normalized spacial score (nSPS) is 11.0. The van der Waals surface area contributed by atoms with Gasteiger partial charge in [0, 0.05) is 46.0 Å². The second kappa shape index (κ2) is 9.78. The molecule has 0 fully saturated rings. The lowest BCUT2D eigenvalue weighted by atomic mass is 10.1. The zero-order chi connectivity index (χ0) is 15.7. The van der Waals surface area contributed by atoms with E-state index >= 15 is 0 Å². The fourth-order valence-electron chi connectivity index (χ4n) is 2.10. The van der Waals surface area contributed by atoms with Crippen LogP contribution in [0.4, 0.5) is 4.39 Å². The van der Waals surface area contributed by atoms with Crippen LogP contribution in [0, 0.1) is 5.82 Å². The summed E-state index contributed by atoms with van der Waals surface area (Å²) in [6.45, 7) is 3.48. The van der Waals surface area contributed by atoms with E-state index in [1.165, 1.54) is 12.1 Å². The fraction of sp³-hybridized carbons (Fsp3) is 0.533. The van der Waals surface area contributed by atoms with Crippen LogP contribution in [-0.2, 0) is 16.0 Å². The van der Waals surface area contributed by atoms with E-state index in [1.54, 1.807) is 20.3 Å². The Kier molecular flexibility index (Phi) is 8.37. The van der Waals surface area contributed by atoms with Crippen molar-refractivity contribution in [2.75, 3.05) is 40.5 Å². The summed E-state index contributed by atoms with van der Waals surface area (Å²) in [5.41, 5.74) is 7.23. The number of hydrogen-bond acceptors (Lipinski definition) is 4. The Hall–Kier alpha value is -1.08. The minimum Gasteiger partial charge on any atom is -0.389 e. The Morgan fingerprint density at radius 3 is 2.57 bits per heavy atom. The molecule has 21 heavy (non-hydrogen) atoms. The molecule has 118 valence electrons. The highest BCUT2D eigenvalue weighted by Gasteiger charge is 2.12. The van der Waals surface area contributed by atoms with Crippen LogP contribution in [0.3, 0.4) is 0 Å². The van der Waals surface area contributed by atoms with Crippen LogP contribution in [0.2, 0.25) is 0 Å². The Balaban J connectivity index is 2.80. The average Bonchev–Trinajstić information content (AvgIpc) is 2.44. The second-order valence-corrected chi connectivity index (χ2v) is 5.22. The molecule has 1 aromatic rings. The van der Waals surface area contributed by atoms with Crippen LogP contribution in [0.5, 0.6) is 0 Å². The lowest BCUT2D eigenvalue weighted by Crippen LogP contribution is -2.30. The van der Waals surface area contributed by atoms with Gasteiger partial charge in [-0.25, -0.2) is 4.39 Å². The highest BCUT2D eigenvalue weighted by molar-refractivity contribution is 7.80. The number of rotatable bonds is 10. The maximum atomic E-state index is 13.5. The number of halogens is 1. The van der Waals surface area contributed by atoms with Gasteiger partial charge in [-0.05, 0) is 30.2 Å². The van der Waals surface area contributed by atoms with Crippen LogP contribution >= 0.6 is 12.2 Å². The van der Waals surface area contributed by atoms with E-state index in [4.69, 9.17) is 27.4 Å². The van der Waals surface area contributed by atoms with E-state index in [1.807, 2.05) is 0 Å². The molecule has 0 aliphatic rings. The Morgan fingerprint density at radius 2 is 1.95 bits per heavy atom. The molecule has 0 bridgehead atoms. The molecule has 0 unspecified atom stereocenters. The van der Waals surface area contributed by atoms with Gasteiger partial charge in [-0.2, -0.15) is 0 Å². The molecule has 6 heteroatoms. The number of thiocarbonyl (C=S) groups is 1. The molecule has 1 rings (SSSR count). The summed E-state index contributed by atoms with van der Waals surface area (Å²) < 4.78 is 23.7. The van der Waals surface area contributed by atoms with Gasteiger partial charge in [0.2, 0.25) is 0 Å². The molecular formula is C15H23FN2O2S. The maximum Gasteiger partial charge on any atom is 0.123 e. The third-order valence-electron chi connectivity index (χ3n) is 3.16. The van der Waals surface area contributed by atoms with Gasteiger partial charge in [-0.3, -0.25) is 4.90 Å². The molecule has 0 saturated heterocycles. The molecule has 1 aromatic carbocycles. The van der Waals surface area contributed by atoms with Crippen LogP contribution < -0.4 is 5.73 Å². The van der Waals surface area contributed by atoms with Gasteiger partial charge >= 0.3 is 0 Å². The fourth-order valence-corrected chi connectivity index (χ4v) is 2.30. The summed E-state index contributed by atoms with van der Waals surface area (Å²) in [6.07, 6.45) is 0.901. The van der Waals surface area contributed by atoms with E-state index in [-0.39, 0.29) is 10.8 Å². The maximum absolute atomic E-state index is 13.5. The van der Waals surface area contributed by atoms with Crippen molar-refractivity contribution in [2.45, 2.75) is 13.0 Å². The monoisotopic (exact) mass is 314 g/mol. The number of nitrogens with zero attached hydrogens (tertiary/aromatic N) is 1. The summed E-state index contributed by atoms with van der Waals surface area (Å²) in [5, 5.41) is 0. The van der Waals surface area contributed by atoms with Crippen molar-refractivity contribution in [3.63, 3.8) is 0 Å². The second-order valence-electron chi connectivity index (χ2n) is 4.78. The smallest absolute Gasteiger partial charge is 0.123 e. The highest BCUT2D eigenvalue weighted by Crippen LogP contribution is 2.14. The van der Waals surface area contributed by atoms with Crippen molar-refractivity contribution < 1.29 is 13.9 Å². The Bertz CT molecular complexity index is 457. The Labute approximate surface area is 131 Å². The van der Waals surface area contributed by atoms with Gasteiger partial charge < -0.3 is 15.2 Å². The predicted molar refractivity (Wildman–Crippen MR) is 85.9 cm³/mol. The SMILES string of the molecule is COCCCN(CCOC)Cc1cc(F)ccc1C(N)=S. The summed E-state index contributed by atoms with van der Waals surface area (Å²) in [7, 11) is 3.34. The lowest BCUT2D eigenvalue weighted by molar-refractivity contribution is 0.129. The van der Waals surface area contributed by atoms with Gasteiger partial charge in [0.05, 0.1) is 6.61 Å². The van der Waals surface area contributed by atoms with Gasteiger partial charge in [-0.15, -0.1) is 0 Å². The number of hydrogen-bond donors (Lipinski definition) is 1. The standard InChI is InChI=1S/C15H23FN2O2S/c1-19-8-3-6-18(7-9-20-2)11-12-10-13(16)4-5-14(12)15(17)21/h4-5,10H,3,6-9,11H2,1-2H3,(H2,17,21). The number of nitrogens with two attached hydrogens (primary N) is 1. The first-order valence-corrected chi connectivity index (χ1v) is 7.27. The van der Waals surface area contributed by atoms with E-state index in [2.05, 4.69) is 4.90 Å². The molecule has 0 heterocycles. The molecule has 0 aliphatic heterocycles. The zero-order valence-electron chi connectivity index (χ0n) is 12.6. The van der Waals surface area contributed by atoms with E-state index < -0.39 is 0 Å². The molecule has 0 amide bonds. The first-order valence-electron chi connectivity index (χ1n) is 6.87. The average molecular weight is 314 g/mol. The largest absolute Gasteiger partial charge is 0.389 e. The van der Waals surface area contributed by atoms with Gasteiger partial charge in [0.15, 0.2) is 0 Å². The minimum atomic E-state index is -0.284. The van der Waals surface area contributed by atoms with Crippen LogP contribution in [-0.4, -0.2) is 50.4 Å². The quantitative estimate of drug-likeness (QED) is 0.528. The third kappa shape index (κ3) is 6.48. The molecule has 4 nitrogen and oxygen atoms in total. The topological polar surface area (TPSA) is 47.7 Å². The molecule has 0 aromatic heterocycles. The van der Waals surface area contributed by atoms with Gasteiger partial charge in [-0.1, -0.05) is 12.2 Å². The van der Waals surface area contributed by atoms with Crippen LogP contribution in [0.15, 0.2) is 18.2 Å². The molecule has 0 aliphatic carbocycles. The molecule has 0 saturated carbocycles. The van der Waals surface area contributed by atoms with E-state index in [0.717, 1.165) is 30.6 Å². The van der Waals surface area contributed by atoms with Crippen molar-refractivity contribution in [3.05, 3.63) is 35.1 Å². The molecular weight excluding hydrogens is 291 g/mol. The van der Waals surface area contributed by atoms with Crippen molar-refractivity contribution in [2.24, 2.45) is 5.73 Å². The first kappa shape index (κ1) is 18.0. The minimum absolute atomic E-state index is 0.284. The number of ether oxygens (including phenoxy) is 2. The van der Waals surface area contributed by atoms with Crippen molar-refractivity contribution in [1.82, 2.24) is 4.90 Å². The number of benzene rings is 1. The predicted octanol–water partition coefficient (Wildman–Crippen LogP) is 1.94. The molecule has 0 radical (unpaired) electrons. The van der Waals surface area contributed by atoms with Crippen LogP contribution in [0.25, 0.3) is 0 Å². The molecule has 0 atom stereocenters. The van der Waals surface area contributed by atoms with Crippen molar-refractivity contribution in [3.8, 4) is 0 Å². The summed E-state index contributed by atoms with van der Waals surface area (Å²) in [5.74, 6) is -0.284. The lowest BCUT2D eigenvalue weighted by Gasteiger charge is -2.23. The van der Waals surface area contributed by atoms with Crippen LogP contribution in [0.1, 0.15) is 17.5 Å². The zero-order valence-corrected chi connectivity index (χ0v) is 13.4. The molecule has 2 N–H and O–H groups in total. The molecule has 0 spiro atoms. The van der Waals surface area contributed by atoms with Gasteiger partial charge in [0.25, 0.3) is 0 Å². The van der Waals surface area contributed by atoms with Crippen molar-refractivity contribution in [1.29, 1.82) is 0 Å². The Morgan fingerprint density at radius 1 is 1.24 bits per heavy atom. The van der Waals surface area contributed by atoms with E-state index in [0.29, 0.717) is 19.8 Å². The third-order valence-corrected chi connectivity index (χ3v) is 3.38. The highest BCUT2D eigenvalue weighted by atomic mass is 32.1. The van der Waals surface area contributed by atoms with Crippen molar-refractivity contribution >= 4 is 17.2 Å². The number of methoxy groups -OCH3 is 2. The summed E-state index contributed by atoms with van der Waals surface area (Å²) in [4.78, 5) is 2.47.